The van der Waals surface area contributed by atoms with Gasteiger partial charge in [-0.15, -0.1) is 0 Å². The Hall–Kier alpha value is -3.09. The van der Waals surface area contributed by atoms with E-state index in [1.54, 1.807) is 30.3 Å². The van der Waals surface area contributed by atoms with Crippen molar-refractivity contribution >= 4 is 17.3 Å². The van der Waals surface area contributed by atoms with Crippen LogP contribution >= 0.6 is 0 Å². The number of nitro groups is 1. The number of amides is 1. The van der Waals surface area contributed by atoms with Crippen molar-refractivity contribution in [2.45, 2.75) is 20.3 Å². The van der Waals surface area contributed by atoms with Crippen LogP contribution in [0.5, 0.6) is 11.5 Å². The van der Waals surface area contributed by atoms with E-state index in [2.05, 4.69) is 5.32 Å². The molecule has 0 fully saturated rings. The Morgan fingerprint density at radius 2 is 1.88 bits per heavy atom. The van der Waals surface area contributed by atoms with Gasteiger partial charge >= 0.3 is 0 Å². The highest BCUT2D eigenvalue weighted by Gasteiger charge is 2.18. The fourth-order valence-electron chi connectivity index (χ4n) is 2.17. The van der Waals surface area contributed by atoms with Gasteiger partial charge in [0, 0.05) is 5.56 Å². The smallest absolute Gasteiger partial charge is 0.296 e. The predicted octanol–water partition coefficient (Wildman–Crippen LogP) is 4.03. The van der Waals surface area contributed by atoms with Gasteiger partial charge in [0.05, 0.1) is 24.2 Å². The van der Waals surface area contributed by atoms with Gasteiger partial charge in [0.2, 0.25) is 0 Å². The zero-order valence-electron chi connectivity index (χ0n) is 14.2. The van der Waals surface area contributed by atoms with E-state index in [-0.39, 0.29) is 11.4 Å². The number of carbonyl (C=O) groups excluding carboxylic acids is 1. The molecular formula is C18H20N2O5. The molecule has 0 aromatic heterocycles. The summed E-state index contributed by atoms with van der Waals surface area (Å²) in [5, 5.41) is 13.9. The van der Waals surface area contributed by atoms with E-state index in [0.717, 1.165) is 6.42 Å². The first-order valence-corrected chi connectivity index (χ1v) is 8.00. The number of anilines is 1. The molecule has 0 bridgehead atoms. The highest BCUT2D eigenvalue weighted by atomic mass is 16.6. The Labute approximate surface area is 145 Å². The van der Waals surface area contributed by atoms with Crippen molar-refractivity contribution in [2.75, 3.05) is 18.5 Å². The molecule has 0 radical (unpaired) electrons. The van der Waals surface area contributed by atoms with Gasteiger partial charge in [-0.2, -0.15) is 0 Å². The van der Waals surface area contributed by atoms with Crippen LogP contribution in [-0.4, -0.2) is 24.0 Å². The van der Waals surface area contributed by atoms with Crippen LogP contribution in [0, 0.1) is 10.1 Å². The molecule has 0 heterocycles. The highest BCUT2D eigenvalue weighted by Crippen LogP contribution is 2.29. The zero-order valence-corrected chi connectivity index (χ0v) is 14.2. The van der Waals surface area contributed by atoms with Crippen LogP contribution in [0.25, 0.3) is 0 Å². The number of ether oxygens (including phenoxy) is 2. The van der Waals surface area contributed by atoms with E-state index in [9.17, 15) is 14.9 Å². The maximum atomic E-state index is 12.4. The summed E-state index contributed by atoms with van der Waals surface area (Å²) in [7, 11) is 0. The van der Waals surface area contributed by atoms with Crippen LogP contribution in [0.3, 0.4) is 0 Å². The van der Waals surface area contributed by atoms with E-state index in [1.807, 2.05) is 13.8 Å². The lowest BCUT2D eigenvalue weighted by Gasteiger charge is -2.10. The lowest BCUT2D eigenvalue weighted by Crippen LogP contribution is -2.13. The molecule has 0 atom stereocenters. The number of hydrogen-bond donors (Lipinski definition) is 1. The second kappa shape index (κ2) is 8.68. The Balaban J connectivity index is 2.22. The maximum Gasteiger partial charge on any atom is 0.296 e. The monoisotopic (exact) mass is 344 g/mol. The van der Waals surface area contributed by atoms with E-state index in [1.165, 1.54) is 12.1 Å². The number of carbonyl (C=O) groups is 1. The van der Waals surface area contributed by atoms with E-state index in [4.69, 9.17) is 9.47 Å². The van der Waals surface area contributed by atoms with E-state index < -0.39 is 10.8 Å². The second-order valence-electron chi connectivity index (χ2n) is 5.20. The Kier molecular flexibility index (Phi) is 6.33. The van der Waals surface area contributed by atoms with Crippen molar-refractivity contribution in [1.82, 2.24) is 0 Å². The molecule has 0 aliphatic rings. The molecule has 25 heavy (non-hydrogen) atoms. The van der Waals surface area contributed by atoms with Crippen LogP contribution in [0.4, 0.5) is 11.4 Å². The second-order valence-corrected chi connectivity index (χ2v) is 5.20. The van der Waals surface area contributed by atoms with Crippen molar-refractivity contribution < 1.29 is 19.2 Å². The SMILES string of the molecule is CCCOc1ccc(NC(=O)c2cccc(OCC)c2)c([N+](=O)[O-])c1. The summed E-state index contributed by atoms with van der Waals surface area (Å²) in [4.78, 5) is 23.1. The minimum atomic E-state index is -0.551. The molecule has 2 aromatic rings. The predicted molar refractivity (Wildman–Crippen MR) is 94.4 cm³/mol. The summed E-state index contributed by atoms with van der Waals surface area (Å²) < 4.78 is 10.8. The Morgan fingerprint density at radius 3 is 2.56 bits per heavy atom. The number of rotatable bonds is 8. The number of nitro benzene ring substituents is 1. The molecule has 0 saturated carbocycles. The number of hydrogen-bond acceptors (Lipinski definition) is 5. The molecule has 0 aliphatic carbocycles. The molecule has 0 spiro atoms. The van der Waals surface area contributed by atoms with Crippen LogP contribution in [0.2, 0.25) is 0 Å². The summed E-state index contributed by atoms with van der Waals surface area (Å²) >= 11 is 0. The average Bonchev–Trinajstić information content (AvgIpc) is 2.61. The van der Waals surface area contributed by atoms with Crippen LogP contribution < -0.4 is 14.8 Å². The molecule has 2 aromatic carbocycles. The minimum Gasteiger partial charge on any atom is -0.494 e. The summed E-state index contributed by atoms with van der Waals surface area (Å²) in [6, 6.07) is 11.0. The fourth-order valence-corrected chi connectivity index (χ4v) is 2.17. The summed E-state index contributed by atoms with van der Waals surface area (Å²) in [6.07, 6.45) is 0.794. The third-order valence-corrected chi connectivity index (χ3v) is 3.29. The molecule has 1 N–H and O–H groups in total. The third kappa shape index (κ3) is 4.94. The molecule has 132 valence electrons. The Morgan fingerprint density at radius 1 is 1.12 bits per heavy atom. The van der Waals surface area contributed by atoms with Crippen molar-refractivity contribution in [3.05, 3.63) is 58.1 Å². The van der Waals surface area contributed by atoms with Crippen LogP contribution in [0.15, 0.2) is 42.5 Å². The highest BCUT2D eigenvalue weighted by molar-refractivity contribution is 6.05. The van der Waals surface area contributed by atoms with Crippen molar-refractivity contribution in [2.24, 2.45) is 0 Å². The largest absolute Gasteiger partial charge is 0.494 e. The molecular weight excluding hydrogens is 324 g/mol. The quantitative estimate of drug-likeness (QED) is 0.576. The first-order chi connectivity index (χ1) is 12.0. The summed E-state index contributed by atoms with van der Waals surface area (Å²) in [5.74, 6) is 0.504. The van der Waals surface area contributed by atoms with Gasteiger partial charge in [0.1, 0.15) is 17.2 Å². The summed E-state index contributed by atoms with van der Waals surface area (Å²) in [5.41, 5.74) is 0.245. The maximum absolute atomic E-state index is 12.4. The zero-order chi connectivity index (χ0) is 18.2. The lowest BCUT2D eigenvalue weighted by atomic mass is 10.2. The molecule has 0 saturated heterocycles. The van der Waals surface area contributed by atoms with Gasteiger partial charge in [-0.25, -0.2) is 0 Å². The molecule has 0 aliphatic heterocycles. The number of nitrogens with zero attached hydrogens (tertiary/aromatic N) is 1. The van der Waals surface area contributed by atoms with Gasteiger partial charge in [0.15, 0.2) is 0 Å². The van der Waals surface area contributed by atoms with Gasteiger partial charge in [0.25, 0.3) is 11.6 Å². The fraction of sp³-hybridized carbons (Fsp3) is 0.278. The molecule has 7 heteroatoms. The van der Waals surface area contributed by atoms with E-state index in [0.29, 0.717) is 30.3 Å². The lowest BCUT2D eigenvalue weighted by molar-refractivity contribution is -0.384. The first kappa shape index (κ1) is 18.3. The minimum absolute atomic E-state index is 0.112. The molecule has 0 unspecified atom stereocenters. The van der Waals surface area contributed by atoms with Crippen LogP contribution in [0.1, 0.15) is 30.6 Å². The third-order valence-electron chi connectivity index (χ3n) is 3.29. The first-order valence-electron chi connectivity index (χ1n) is 8.00. The van der Waals surface area contributed by atoms with Gasteiger partial charge in [-0.3, -0.25) is 14.9 Å². The molecule has 2 rings (SSSR count). The number of benzene rings is 2. The summed E-state index contributed by atoms with van der Waals surface area (Å²) in [6.45, 7) is 4.74. The van der Waals surface area contributed by atoms with Crippen LogP contribution in [-0.2, 0) is 0 Å². The normalized spacial score (nSPS) is 10.2. The average molecular weight is 344 g/mol. The van der Waals surface area contributed by atoms with Gasteiger partial charge < -0.3 is 14.8 Å². The van der Waals surface area contributed by atoms with Crippen molar-refractivity contribution in [1.29, 1.82) is 0 Å². The van der Waals surface area contributed by atoms with Crippen molar-refractivity contribution in [3.63, 3.8) is 0 Å². The van der Waals surface area contributed by atoms with Gasteiger partial charge in [-0.05, 0) is 43.7 Å². The Bertz CT molecular complexity index is 761. The standard InChI is InChI=1S/C18H20N2O5/c1-3-10-25-15-8-9-16(17(12-15)20(22)23)19-18(21)13-6-5-7-14(11-13)24-4-2/h5-9,11-12H,3-4,10H2,1-2H3,(H,19,21). The van der Waals surface area contributed by atoms with Gasteiger partial charge in [-0.1, -0.05) is 13.0 Å². The number of nitrogens with one attached hydrogen (secondary N) is 1. The topological polar surface area (TPSA) is 90.7 Å². The molecule has 7 nitrogen and oxygen atoms in total. The molecule has 1 amide bonds. The van der Waals surface area contributed by atoms with E-state index >= 15 is 0 Å². The van der Waals surface area contributed by atoms with Crippen molar-refractivity contribution in [3.8, 4) is 11.5 Å².